The van der Waals surface area contributed by atoms with E-state index < -0.39 is 0 Å². The van der Waals surface area contributed by atoms with Crippen molar-refractivity contribution in [2.75, 3.05) is 0 Å². The molecule has 0 saturated carbocycles. The van der Waals surface area contributed by atoms with Gasteiger partial charge in [-0.2, -0.15) is 0 Å². The molecule has 0 aliphatic heterocycles. The van der Waals surface area contributed by atoms with Crippen LogP contribution in [0.5, 0.6) is 0 Å². The fourth-order valence-corrected chi connectivity index (χ4v) is 1.21. The molecule has 0 nitrogen and oxygen atoms in total. The first-order valence-corrected chi connectivity index (χ1v) is 4.10. The van der Waals surface area contributed by atoms with Crippen LogP contribution in [0.2, 0.25) is 0 Å². The molecule has 0 N–H and O–H groups in total. The summed E-state index contributed by atoms with van der Waals surface area (Å²) in [4.78, 5) is 0. The molecule has 1 heteroatoms. The van der Waals surface area contributed by atoms with Gasteiger partial charge in [-0.25, -0.2) is 0 Å². The van der Waals surface area contributed by atoms with Gasteiger partial charge in [-0.3, -0.25) is 0 Å². The summed E-state index contributed by atoms with van der Waals surface area (Å²) in [5, 5.41) is 0. The molecule has 11 heavy (non-hydrogen) atoms. The van der Waals surface area contributed by atoms with Crippen LogP contribution in [-0.4, -0.2) is 0 Å². The van der Waals surface area contributed by atoms with Gasteiger partial charge >= 0.3 is 0 Å². The van der Waals surface area contributed by atoms with E-state index in [1.165, 1.54) is 0 Å². The minimum Gasteiger partial charge on any atom is -0.0985 e. The van der Waals surface area contributed by atoms with Crippen LogP contribution in [0.3, 0.4) is 0 Å². The van der Waals surface area contributed by atoms with Gasteiger partial charge in [0.15, 0.2) is 0 Å². The Hall–Kier alpha value is -0.820. The third kappa shape index (κ3) is 2.05. The van der Waals surface area contributed by atoms with Crippen LogP contribution in [0.25, 0.3) is 5.57 Å². The molecule has 1 aromatic carbocycles. The summed E-state index contributed by atoms with van der Waals surface area (Å²) in [7, 11) is 0. The van der Waals surface area contributed by atoms with Gasteiger partial charge in [0.2, 0.25) is 0 Å². The van der Waals surface area contributed by atoms with E-state index >= 15 is 0 Å². The highest BCUT2D eigenvalue weighted by Gasteiger charge is 1.93. The van der Waals surface area contributed by atoms with E-state index in [4.69, 9.17) is 0 Å². The molecule has 0 spiro atoms. The topological polar surface area (TPSA) is 0 Å². The van der Waals surface area contributed by atoms with Crippen molar-refractivity contribution in [1.82, 2.24) is 0 Å². The van der Waals surface area contributed by atoms with E-state index in [-0.39, 0.29) is 0 Å². The standard InChI is InChI=1S/C10H9Br/c1-3-8(2)9-5-4-6-10(11)7-9/h3-7H,1-2H2. The Labute approximate surface area is 75.4 Å². The molecule has 0 fully saturated rings. The summed E-state index contributed by atoms with van der Waals surface area (Å²) in [6.45, 7) is 7.50. The van der Waals surface area contributed by atoms with Gasteiger partial charge < -0.3 is 0 Å². The lowest BCUT2D eigenvalue weighted by Crippen LogP contribution is -1.76. The Bertz CT molecular complexity index is 287. The minimum absolute atomic E-state index is 0.950. The number of hydrogen-bond acceptors (Lipinski definition) is 0. The van der Waals surface area contributed by atoms with E-state index in [1.54, 1.807) is 6.08 Å². The van der Waals surface area contributed by atoms with E-state index in [2.05, 4.69) is 29.1 Å². The van der Waals surface area contributed by atoms with Gasteiger partial charge in [-0.1, -0.05) is 47.3 Å². The lowest BCUT2D eigenvalue weighted by molar-refractivity contribution is 1.59. The Balaban J connectivity index is 3.05. The van der Waals surface area contributed by atoms with Crippen molar-refractivity contribution < 1.29 is 0 Å². The average Bonchev–Trinajstić information content (AvgIpc) is 2.03. The SMILES string of the molecule is C=CC(=C)c1cccc(Br)c1. The summed E-state index contributed by atoms with van der Waals surface area (Å²) < 4.78 is 1.07. The Morgan fingerprint density at radius 1 is 1.45 bits per heavy atom. The van der Waals surface area contributed by atoms with Gasteiger partial charge in [-0.05, 0) is 23.3 Å². The van der Waals surface area contributed by atoms with Gasteiger partial charge in [0.1, 0.15) is 0 Å². The van der Waals surface area contributed by atoms with Gasteiger partial charge in [0.25, 0.3) is 0 Å². The van der Waals surface area contributed by atoms with Crippen molar-refractivity contribution >= 4 is 21.5 Å². The molecule has 0 amide bonds. The van der Waals surface area contributed by atoms with E-state index in [0.717, 1.165) is 15.6 Å². The fourth-order valence-electron chi connectivity index (χ4n) is 0.806. The number of rotatable bonds is 2. The smallest absolute Gasteiger partial charge is 0.0181 e. The van der Waals surface area contributed by atoms with Gasteiger partial charge in [0, 0.05) is 4.47 Å². The number of benzene rings is 1. The van der Waals surface area contributed by atoms with Crippen LogP contribution >= 0.6 is 15.9 Å². The molecule has 0 aliphatic carbocycles. The summed E-state index contributed by atoms with van der Waals surface area (Å²) in [6.07, 6.45) is 1.75. The zero-order valence-electron chi connectivity index (χ0n) is 6.18. The molecule has 56 valence electrons. The summed E-state index contributed by atoms with van der Waals surface area (Å²) >= 11 is 3.38. The lowest BCUT2D eigenvalue weighted by atomic mass is 10.1. The molecule has 0 bridgehead atoms. The fraction of sp³-hybridized carbons (Fsp3) is 0. The maximum absolute atomic E-state index is 3.85. The first-order chi connectivity index (χ1) is 5.24. The van der Waals surface area contributed by atoms with Crippen molar-refractivity contribution in [3.8, 4) is 0 Å². The third-order valence-corrected chi connectivity index (χ3v) is 1.94. The molecule has 0 heterocycles. The first-order valence-electron chi connectivity index (χ1n) is 3.31. The van der Waals surface area contributed by atoms with E-state index in [0.29, 0.717) is 0 Å². The van der Waals surface area contributed by atoms with E-state index in [9.17, 15) is 0 Å². The predicted octanol–water partition coefficient (Wildman–Crippen LogP) is 3.65. The number of allylic oxidation sites excluding steroid dienone is 2. The zero-order valence-corrected chi connectivity index (χ0v) is 7.76. The minimum atomic E-state index is 0.950. The highest BCUT2D eigenvalue weighted by molar-refractivity contribution is 9.10. The van der Waals surface area contributed by atoms with Crippen molar-refractivity contribution in [3.63, 3.8) is 0 Å². The zero-order chi connectivity index (χ0) is 8.27. The van der Waals surface area contributed by atoms with Crippen LogP contribution in [0, 0.1) is 0 Å². The maximum atomic E-state index is 3.85. The Morgan fingerprint density at radius 3 is 2.73 bits per heavy atom. The number of hydrogen-bond donors (Lipinski definition) is 0. The monoisotopic (exact) mass is 208 g/mol. The summed E-state index contributed by atoms with van der Waals surface area (Å²) in [5.74, 6) is 0. The summed E-state index contributed by atoms with van der Waals surface area (Å²) in [6, 6.07) is 7.99. The molecule has 0 unspecified atom stereocenters. The second-order valence-electron chi connectivity index (χ2n) is 2.24. The van der Waals surface area contributed by atoms with Crippen molar-refractivity contribution in [2.45, 2.75) is 0 Å². The Morgan fingerprint density at radius 2 is 2.18 bits per heavy atom. The van der Waals surface area contributed by atoms with Crippen LogP contribution < -0.4 is 0 Å². The van der Waals surface area contributed by atoms with Crippen LogP contribution in [0.4, 0.5) is 0 Å². The highest BCUT2D eigenvalue weighted by Crippen LogP contribution is 2.17. The normalized spacial score (nSPS) is 9.18. The second-order valence-corrected chi connectivity index (χ2v) is 3.16. The molecule has 1 rings (SSSR count). The third-order valence-electron chi connectivity index (χ3n) is 1.44. The van der Waals surface area contributed by atoms with Crippen LogP contribution in [0.15, 0.2) is 48.0 Å². The number of halogens is 1. The molecule has 0 aliphatic rings. The lowest BCUT2D eigenvalue weighted by Gasteiger charge is -1.99. The maximum Gasteiger partial charge on any atom is 0.0181 e. The summed E-state index contributed by atoms with van der Waals surface area (Å²) in [5.41, 5.74) is 2.06. The average molecular weight is 209 g/mol. The Kier molecular flexibility index (Phi) is 2.66. The van der Waals surface area contributed by atoms with Gasteiger partial charge in [-0.15, -0.1) is 0 Å². The van der Waals surface area contributed by atoms with Crippen molar-refractivity contribution in [1.29, 1.82) is 0 Å². The molecular formula is C10H9Br. The van der Waals surface area contributed by atoms with Crippen molar-refractivity contribution in [3.05, 3.63) is 53.5 Å². The van der Waals surface area contributed by atoms with Crippen LogP contribution in [-0.2, 0) is 0 Å². The highest BCUT2D eigenvalue weighted by atomic mass is 79.9. The molecule has 0 saturated heterocycles. The van der Waals surface area contributed by atoms with E-state index in [1.807, 2.05) is 24.3 Å². The molecular weight excluding hydrogens is 200 g/mol. The largest absolute Gasteiger partial charge is 0.0985 e. The quantitative estimate of drug-likeness (QED) is 0.652. The molecule has 0 aromatic heterocycles. The van der Waals surface area contributed by atoms with Gasteiger partial charge in [0.05, 0.1) is 0 Å². The molecule has 0 radical (unpaired) electrons. The molecule has 0 atom stereocenters. The second kappa shape index (κ2) is 3.54. The van der Waals surface area contributed by atoms with Crippen molar-refractivity contribution in [2.24, 2.45) is 0 Å². The predicted molar refractivity (Wildman–Crippen MR) is 53.4 cm³/mol. The molecule has 1 aromatic rings. The van der Waals surface area contributed by atoms with Crippen LogP contribution in [0.1, 0.15) is 5.56 Å². The first kappa shape index (κ1) is 8.28.